The molecule has 0 aliphatic carbocycles. The highest BCUT2D eigenvalue weighted by molar-refractivity contribution is 5.95. The second-order valence-corrected chi connectivity index (χ2v) is 5.99. The number of nitrogens with one attached hydrogen (secondary N) is 1. The molecule has 1 saturated heterocycles. The lowest BCUT2D eigenvalue weighted by molar-refractivity contribution is -0.127. The molecule has 2 amide bonds. The summed E-state index contributed by atoms with van der Waals surface area (Å²) >= 11 is 0. The van der Waals surface area contributed by atoms with Crippen LogP contribution in [0.15, 0.2) is 48.8 Å². The highest BCUT2D eigenvalue weighted by atomic mass is 16.5. The molecule has 1 N–H and O–H groups in total. The van der Waals surface area contributed by atoms with Crippen LogP contribution in [0.1, 0.15) is 25.3 Å². The first-order chi connectivity index (χ1) is 12.1. The number of anilines is 1. The van der Waals surface area contributed by atoms with E-state index in [-0.39, 0.29) is 11.8 Å². The van der Waals surface area contributed by atoms with Crippen molar-refractivity contribution in [1.29, 1.82) is 0 Å². The number of benzene rings is 1. The Morgan fingerprint density at radius 1 is 1.32 bits per heavy atom. The zero-order valence-corrected chi connectivity index (χ0v) is 14.1. The van der Waals surface area contributed by atoms with E-state index in [9.17, 15) is 9.59 Å². The van der Waals surface area contributed by atoms with Crippen molar-refractivity contribution < 1.29 is 14.3 Å². The van der Waals surface area contributed by atoms with Crippen LogP contribution >= 0.6 is 0 Å². The highest BCUT2D eigenvalue weighted by Gasteiger charge is 2.22. The SMILES string of the molecule is C[C@@H](Oc1ccccc1)C(=O)NCc1cncc(N2CCCC2=O)c1. The van der Waals surface area contributed by atoms with Crippen LogP contribution in [0.3, 0.4) is 0 Å². The first kappa shape index (κ1) is 17.0. The maximum atomic E-state index is 12.2. The van der Waals surface area contributed by atoms with Crippen molar-refractivity contribution in [1.82, 2.24) is 10.3 Å². The maximum absolute atomic E-state index is 12.2. The second kappa shape index (κ2) is 7.79. The lowest BCUT2D eigenvalue weighted by Crippen LogP contribution is -2.36. The molecule has 0 saturated carbocycles. The van der Waals surface area contributed by atoms with Gasteiger partial charge in [-0.3, -0.25) is 14.6 Å². The van der Waals surface area contributed by atoms with Crippen LogP contribution in [0, 0.1) is 0 Å². The van der Waals surface area contributed by atoms with Gasteiger partial charge in [0.25, 0.3) is 5.91 Å². The Hall–Kier alpha value is -2.89. The van der Waals surface area contributed by atoms with Crippen LogP contribution < -0.4 is 15.0 Å². The third-order valence-electron chi connectivity index (χ3n) is 4.06. The van der Waals surface area contributed by atoms with Gasteiger partial charge in [-0.1, -0.05) is 18.2 Å². The lowest BCUT2D eigenvalue weighted by Gasteiger charge is -2.17. The molecule has 6 heteroatoms. The number of carbonyl (C=O) groups excluding carboxylic acids is 2. The Kier molecular flexibility index (Phi) is 5.28. The van der Waals surface area contributed by atoms with Crippen LogP contribution in [-0.4, -0.2) is 29.4 Å². The fraction of sp³-hybridized carbons (Fsp3) is 0.316. The highest BCUT2D eigenvalue weighted by Crippen LogP contribution is 2.21. The largest absolute Gasteiger partial charge is 0.481 e. The number of nitrogens with zero attached hydrogens (tertiary/aromatic N) is 2. The minimum atomic E-state index is -0.598. The number of amides is 2. The molecule has 1 aromatic heterocycles. The number of pyridine rings is 1. The summed E-state index contributed by atoms with van der Waals surface area (Å²) in [5.41, 5.74) is 1.63. The monoisotopic (exact) mass is 339 g/mol. The van der Waals surface area contributed by atoms with Crippen molar-refractivity contribution in [2.24, 2.45) is 0 Å². The number of hydrogen-bond acceptors (Lipinski definition) is 4. The zero-order chi connectivity index (χ0) is 17.6. The van der Waals surface area contributed by atoms with Gasteiger partial charge in [0.1, 0.15) is 5.75 Å². The molecule has 1 aliphatic heterocycles. The van der Waals surface area contributed by atoms with Crippen molar-refractivity contribution in [3.8, 4) is 5.75 Å². The lowest BCUT2D eigenvalue weighted by atomic mass is 10.2. The van der Waals surface area contributed by atoms with Crippen molar-refractivity contribution in [3.05, 3.63) is 54.4 Å². The van der Waals surface area contributed by atoms with Gasteiger partial charge in [0.05, 0.1) is 11.9 Å². The van der Waals surface area contributed by atoms with E-state index < -0.39 is 6.10 Å². The first-order valence-electron chi connectivity index (χ1n) is 8.37. The quantitative estimate of drug-likeness (QED) is 0.876. The van der Waals surface area contributed by atoms with E-state index in [2.05, 4.69) is 10.3 Å². The van der Waals surface area contributed by atoms with Crippen LogP contribution in [0.5, 0.6) is 5.75 Å². The number of rotatable bonds is 6. The fourth-order valence-corrected chi connectivity index (χ4v) is 2.73. The van der Waals surface area contributed by atoms with E-state index in [1.54, 1.807) is 24.2 Å². The third-order valence-corrected chi connectivity index (χ3v) is 4.06. The number of hydrogen-bond donors (Lipinski definition) is 1. The molecular formula is C19H21N3O3. The zero-order valence-electron chi connectivity index (χ0n) is 14.1. The van der Waals surface area contributed by atoms with Gasteiger partial charge in [0.2, 0.25) is 5.91 Å². The predicted octanol–water partition coefficient (Wildman–Crippen LogP) is 2.29. The van der Waals surface area contributed by atoms with Gasteiger partial charge in [0, 0.05) is 25.7 Å². The fourth-order valence-electron chi connectivity index (χ4n) is 2.73. The van der Waals surface area contributed by atoms with Crippen LogP contribution in [0.4, 0.5) is 5.69 Å². The Morgan fingerprint density at radius 2 is 2.12 bits per heavy atom. The molecule has 1 fully saturated rings. The summed E-state index contributed by atoms with van der Waals surface area (Å²) in [4.78, 5) is 29.9. The molecule has 130 valence electrons. The molecule has 0 bridgehead atoms. The number of para-hydroxylation sites is 1. The van der Waals surface area contributed by atoms with Gasteiger partial charge in [-0.2, -0.15) is 0 Å². The van der Waals surface area contributed by atoms with Crippen molar-refractivity contribution in [2.45, 2.75) is 32.4 Å². The van der Waals surface area contributed by atoms with Crippen LogP contribution in [0.2, 0.25) is 0 Å². The molecule has 1 atom stereocenters. The molecule has 0 spiro atoms. The van der Waals surface area contributed by atoms with E-state index in [1.165, 1.54) is 0 Å². The molecule has 1 aliphatic rings. The smallest absolute Gasteiger partial charge is 0.261 e. The third kappa shape index (κ3) is 4.35. The molecule has 1 aromatic carbocycles. The Bertz CT molecular complexity index is 749. The molecule has 25 heavy (non-hydrogen) atoms. The number of carbonyl (C=O) groups is 2. The van der Waals surface area contributed by atoms with E-state index in [4.69, 9.17) is 4.74 Å². The van der Waals surface area contributed by atoms with E-state index in [0.717, 1.165) is 24.2 Å². The summed E-state index contributed by atoms with van der Waals surface area (Å²) in [6.45, 7) is 2.77. The van der Waals surface area contributed by atoms with Crippen molar-refractivity contribution in [2.75, 3.05) is 11.4 Å². The maximum Gasteiger partial charge on any atom is 0.261 e. The summed E-state index contributed by atoms with van der Waals surface area (Å²) in [6, 6.07) is 11.1. The van der Waals surface area contributed by atoms with Crippen molar-refractivity contribution in [3.63, 3.8) is 0 Å². The molecule has 3 rings (SSSR count). The topological polar surface area (TPSA) is 71.5 Å². The summed E-state index contributed by atoms with van der Waals surface area (Å²) < 4.78 is 5.60. The molecule has 6 nitrogen and oxygen atoms in total. The van der Waals surface area contributed by atoms with Crippen LogP contribution in [-0.2, 0) is 16.1 Å². The average molecular weight is 339 g/mol. The molecule has 0 unspecified atom stereocenters. The minimum Gasteiger partial charge on any atom is -0.481 e. The normalized spacial score (nSPS) is 15.1. The Balaban J connectivity index is 1.56. The van der Waals surface area contributed by atoms with E-state index in [0.29, 0.717) is 18.7 Å². The first-order valence-corrected chi connectivity index (χ1v) is 8.37. The van der Waals surface area contributed by atoms with Gasteiger partial charge in [-0.15, -0.1) is 0 Å². The van der Waals surface area contributed by atoms with Gasteiger partial charge < -0.3 is 15.0 Å². The average Bonchev–Trinajstić information content (AvgIpc) is 3.07. The summed E-state index contributed by atoms with van der Waals surface area (Å²) in [5.74, 6) is 0.570. The van der Waals surface area contributed by atoms with Gasteiger partial charge >= 0.3 is 0 Å². The molecule has 2 heterocycles. The minimum absolute atomic E-state index is 0.118. The molecular weight excluding hydrogens is 318 g/mol. The van der Waals surface area contributed by atoms with Crippen LogP contribution in [0.25, 0.3) is 0 Å². The summed E-state index contributed by atoms with van der Waals surface area (Å²) in [5, 5.41) is 2.84. The number of aromatic nitrogens is 1. The second-order valence-electron chi connectivity index (χ2n) is 5.99. The van der Waals surface area contributed by atoms with Gasteiger partial charge in [0.15, 0.2) is 6.10 Å². The molecule has 0 radical (unpaired) electrons. The molecule has 2 aromatic rings. The van der Waals surface area contributed by atoms with E-state index in [1.807, 2.05) is 36.4 Å². The predicted molar refractivity (Wildman–Crippen MR) is 94.2 cm³/mol. The van der Waals surface area contributed by atoms with Gasteiger partial charge in [-0.05, 0) is 37.1 Å². The standard InChI is InChI=1S/C19H21N3O3/c1-14(25-17-6-3-2-4-7-17)19(24)21-12-15-10-16(13-20-11-15)22-9-5-8-18(22)23/h2-4,6-7,10-11,13-14H,5,8-9,12H2,1H3,(H,21,24)/t14-/m1/s1. The Labute approximate surface area is 146 Å². The van der Waals surface area contributed by atoms with Gasteiger partial charge in [-0.25, -0.2) is 0 Å². The summed E-state index contributed by atoms with van der Waals surface area (Å²) in [6.07, 6.45) is 4.21. The van der Waals surface area contributed by atoms with Crippen molar-refractivity contribution >= 4 is 17.5 Å². The Morgan fingerprint density at radius 3 is 2.84 bits per heavy atom. The summed E-state index contributed by atoms with van der Waals surface area (Å²) in [7, 11) is 0. The van der Waals surface area contributed by atoms with E-state index >= 15 is 0 Å². The number of ether oxygens (including phenoxy) is 1.